The van der Waals surface area contributed by atoms with E-state index in [1.807, 2.05) is 6.20 Å². The lowest BCUT2D eigenvalue weighted by atomic mass is 9.84. The van der Waals surface area contributed by atoms with E-state index in [1.165, 1.54) is 44.1 Å². The maximum atomic E-state index is 4.98. The topological polar surface area (TPSA) is 66.0 Å². The lowest BCUT2D eigenvalue weighted by molar-refractivity contribution is 0.264. The molecule has 6 nitrogen and oxygen atoms in total. The summed E-state index contributed by atoms with van der Waals surface area (Å²) >= 11 is 0. The molecule has 1 saturated carbocycles. The van der Waals surface area contributed by atoms with E-state index in [1.54, 1.807) is 0 Å². The highest BCUT2D eigenvalue weighted by Gasteiger charge is 2.23. The predicted molar refractivity (Wildman–Crippen MR) is 121 cm³/mol. The van der Waals surface area contributed by atoms with Crippen LogP contribution in [0.15, 0.2) is 12.4 Å². The third-order valence-corrected chi connectivity index (χ3v) is 6.57. The van der Waals surface area contributed by atoms with E-state index >= 15 is 0 Å². The van der Waals surface area contributed by atoms with Crippen LogP contribution in [0.25, 0.3) is 10.9 Å². The summed E-state index contributed by atoms with van der Waals surface area (Å²) < 4.78 is 0. The number of nitrogens with zero attached hydrogens (tertiary/aromatic N) is 4. The molecule has 2 N–H and O–H groups in total. The van der Waals surface area contributed by atoms with Gasteiger partial charge in [0.05, 0.1) is 10.9 Å². The van der Waals surface area contributed by atoms with Gasteiger partial charge in [-0.15, -0.1) is 0 Å². The summed E-state index contributed by atoms with van der Waals surface area (Å²) in [5.74, 6) is 2.28. The second-order valence-corrected chi connectivity index (χ2v) is 8.86. The second kappa shape index (κ2) is 9.70. The Morgan fingerprint density at radius 1 is 1.03 bits per heavy atom. The molecule has 0 spiro atoms. The molecule has 0 amide bonds. The molecule has 0 bridgehead atoms. The van der Waals surface area contributed by atoms with Crippen LogP contribution in [-0.4, -0.2) is 52.6 Å². The van der Waals surface area contributed by atoms with Gasteiger partial charge in [-0.1, -0.05) is 32.6 Å². The number of fused-ring (bicyclic) bond motifs is 1. The molecule has 2 fully saturated rings. The van der Waals surface area contributed by atoms with Crippen molar-refractivity contribution in [3.8, 4) is 0 Å². The van der Waals surface area contributed by atoms with E-state index in [2.05, 4.69) is 40.7 Å². The summed E-state index contributed by atoms with van der Waals surface area (Å²) in [6, 6.07) is 0.477. The summed E-state index contributed by atoms with van der Waals surface area (Å²) in [5.41, 5.74) is 2.41. The first-order chi connectivity index (χ1) is 14.2. The summed E-state index contributed by atoms with van der Waals surface area (Å²) in [4.78, 5) is 16.9. The van der Waals surface area contributed by atoms with Gasteiger partial charge in [0.15, 0.2) is 0 Å². The number of rotatable bonds is 7. The first-order valence-corrected chi connectivity index (χ1v) is 11.6. The van der Waals surface area contributed by atoms with Gasteiger partial charge < -0.3 is 15.5 Å². The maximum absolute atomic E-state index is 4.98. The van der Waals surface area contributed by atoms with E-state index < -0.39 is 0 Å². The summed E-state index contributed by atoms with van der Waals surface area (Å²) in [6.07, 6.45) is 15.2. The van der Waals surface area contributed by atoms with Gasteiger partial charge in [-0.05, 0) is 58.2 Å². The number of anilines is 2. The molecule has 2 aliphatic rings. The van der Waals surface area contributed by atoms with Crippen molar-refractivity contribution < 1.29 is 0 Å². The minimum atomic E-state index is 0.477. The summed E-state index contributed by atoms with van der Waals surface area (Å²) in [6.45, 7) is 5.40. The predicted octanol–water partition coefficient (Wildman–Crippen LogP) is 4.79. The highest BCUT2D eigenvalue weighted by Crippen LogP contribution is 2.37. The Labute approximate surface area is 174 Å². The molecule has 3 heterocycles. The van der Waals surface area contributed by atoms with Crippen molar-refractivity contribution >= 4 is 22.7 Å². The SMILES string of the molecule is CCCCNc1ncc2c(NC3CCN(C)CC3)ncc(C3CCCCC3)c2n1. The smallest absolute Gasteiger partial charge is 0.223 e. The van der Waals surface area contributed by atoms with E-state index in [9.17, 15) is 0 Å². The standard InChI is InChI=1S/C23H36N6/c1-3-4-12-24-23-26-16-20-21(28-23)19(17-8-6-5-7-9-17)15-25-22(20)27-18-10-13-29(2)14-11-18/h15-18H,3-14H2,1-2H3,(H,25,27)(H,24,26,28). The average Bonchev–Trinajstić information content (AvgIpc) is 2.76. The minimum absolute atomic E-state index is 0.477. The Bertz CT molecular complexity index is 793. The third-order valence-electron chi connectivity index (χ3n) is 6.57. The largest absolute Gasteiger partial charge is 0.367 e. The minimum Gasteiger partial charge on any atom is -0.367 e. The fourth-order valence-corrected chi connectivity index (χ4v) is 4.68. The van der Waals surface area contributed by atoms with Gasteiger partial charge in [0, 0.05) is 30.5 Å². The number of pyridine rings is 1. The fourth-order valence-electron chi connectivity index (χ4n) is 4.68. The van der Waals surface area contributed by atoms with Crippen molar-refractivity contribution in [2.45, 2.75) is 76.7 Å². The number of likely N-dealkylation sites (tertiary alicyclic amines) is 1. The molecule has 2 aromatic heterocycles. The normalized spacial score (nSPS) is 19.5. The Hall–Kier alpha value is -1.95. The number of hydrogen-bond donors (Lipinski definition) is 2. The zero-order valence-electron chi connectivity index (χ0n) is 18.1. The molecular weight excluding hydrogens is 360 g/mol. The van der Waals surface area contributed by atoms with Crippen LogP contribution in [0.3, 0.4) is 0 Å². The van der Waals surface area contributed by atoms with Gasteiger partial charge in [-0.2, -0.15) is 0 Å². The van der Waals surface area contributed by atoms with Gasteiger partial charge >= 0.3 is 0 Å². The molecule has 2 aromatic rings. The third kappa shape index (κ3) is 4.97. The van der Waals surface area contributed by atoms with Crippen molar-refractivity contribution in [2.24, 2.45) is 0 Å². The van der Waals surface area contributed by atoms with Crippen LogP contribution < -0.4 is 10.6 Å². The first kappa shape index (κ1) is 20.3. The monoisotopic (exact) mass is 396 g/mol. The van der Waals surface area contributed by atoms with Gasteiger partial charge in [-0.3, -0.25) is 0 Å². The van der Waals surface area contributed by atoms with Crippen LogP contribution in [0.4, 0.5) is 11.8 Å². The van der Waals surface area contributed by atoms with Gasteiger partial charge in [0.2, 0.25) is 5.95 Å². The molecule has 0 atom stereocenters. The molecule has 0 radical (unpaired) electrons. The molecule has 158 valence electrons. The Balaban J connectivity index is 1.63. The number of unbranched alkanes of at least 4 members (excludes halogenated alkanes) is 1. The molecule has 6 heteroatoms. The maximum Gasteiger partial charge on any atom is 0.223 e. The number of piperidine rings is 1. The van der Waals surface area contributed by atoms with Gasteiger partial charge in [0.25, 0.3) is 0 Å². The Morgan fingerprint density at radius 3 is 2.59 bits per heavy atom. The number of aromatic nitrogens is 3. The Morgan fingerprint density at radius 2 is 1.83 bits per heavy atom. The molecule has 0 aromatic carbocycles. The lowest BCUT2D eigenvalue weighted by Gasteiger charge is -2.30. The molecule has 1 aliphatic heterocycles. The molecule has 4 rings (SSSR count). The van der Waals surface area contributed by atoms with Crippen molar-refractivity contribution in [1.82, 2.24) is 19.9 Å². The second-order valence-electron chi connectivity index (χ2n) is 8.86. The quantitative estimate of drug-likeness (QED) is 0.656. The van der Waals surface area contributed by atoms with E-state index in [-0.39, 0.29) is 0 Å². The van der Waals surface area contributed by atoms with Gasteiger partial charge in [-0.25, -0.2) is 15.0 Å². The van der Waals surface area contributed by atoms with Crippen LogP contribution in [0.1, 0.15) is 76.2 Å². The van der Waals surface area contributed by atoms with Crippen molar-refractivity contribution in [3.05, 3.63) is 18.0 Å². The van der Waals surface area contributed by atoms with E-state index in [0.717, 1.165) is 61.6 Å². The van der Waals surface area contributed by atoms with Crippen molar-refractivity contribution in [2.75, 3.05) is 37.3 Å². The summed E-state index contributed by atoms with van der Waals surface area (Å²) in [7, 11) is 2.20. The van der Waals surface area contributed by atoms with Crippen LogP contribution >= 0.6 is 0 Å². The van der Waals surface area contributed by atoms with Crippen molar-refractivity contribution in [3.63, 3.8) is 0 Å². The highest BCUT2D eigenvalue weighted by molar-refractivity contribution is 5.91. The van der Waals surface area contributed by atoms with Crippen LogP contribution in [-0.2, 0) is 0 Å². The zero-order valence-corrected chi connectivity index (χ0v) is 18.1. The molecular formula is C23H36N6. The van der Waals surface area contributed by atoms with E-state index in [0.29, 0.717) is 12.0 Å². The molecule has 1 aliphatic carbocycles. The zero-order chi connectivity index (χ0) is 20.1. The summed E-state index contributed by atoms with van der Waals surface area (Å²) in [5, 5.41) is 8.19. The van der Waals surface area contributed by atoms with Crippen LogP contribution in [0.5, 0.6) is 0 Å². The van der Waals surface area contributed by atoms with Crippen LogP contribution in [0.2, 0.25) is 0 Å². The van der Waals surface area contributed by atoms with Crippen LogP contribution in [0, 0.1) is 0 Å². The number of nitrogens with one attached hydrogen (secondary N) is 2. The number of hydrogen-bond acceptors (Lipinski definition) is 6. The molecule has 29 heavy (non-hydrogen) atoms. The van der Waals surface area contributed by atoms with Crippen molar-refractivity contribution in [1.29, 1.82) is 0 Å². The first-order valence-electron chi connectivity index (χ1n) is 11.6. The molecule has 0 unspecified atom stereocenters. The molecule has 1 saturated heterocycles. The fraction of sp³-hybridized carbons (Fsp3) is 0.696. The highest BCUT2D eigenvalue weighted by atomic mass is 15.1. The lowest BCUT2D eigenvalue weighted by Crippen LogP contribution is -2.36. The van der Waals surface area contributed by atoms with E-state index in [4.69, 9.17) is 9.97 Å². The Kier molecular flexibility index (Phi) is 6.80. The van der Waals surface area contributed by atoms with Gasteiger partial charge in [0.1, 0.15) is 5.82 Å². The average molecular weight is 397 g/mol.